The lowest BCUT2D eigenvalue weighted by Crippen LogP contribution is -2.23. The average molecular weight is 275 g/mol. The second-order valence-electron chi connectivity index (χ2n) is 5.62. The number of carbonyl (C=O) groups is 1. The molecule has 1 heterocycles. The Kier molecular flexibility index (Phi) is 3.81. The molecule has 20 heavy (non-hydrogen) atoms. The molecule has 108 valence electrons. The Morgan fingerprint density at radius 2 is 2.05 bits per heavy atom. The molecular weight excluding hydrogens is 254 g/mol. The summed E-state index contributed by atoms with van der Waals surface area (Å²) in [5.41, 5.74) is 1.31. The van der Waals surface area contributed by atoms with Crippen molar-refractivity contribution in [1.82, 2.24) is 5.32 Å². The van der Waals surface area contributed by atoms with Crippen molar-refractivity contribution in [3.63, 3.8) is 0 Å². The van der Waals surface area contributed by atoms with Gasteiger partial charge in [-0.3, -0.25) is 4.79 Å². The Labute approximate surface area is 119 Å². The van der Waals surface area contributed by atoms with E-state index in [1.807, 2.05) is 6.07 Å². The number of benzene rings is 1. The van der Waals surface area contributed by atoms with Crippen molar-refractivity contribution in [3.8, 4) is 11.5 Å². The van der Waals surface area contributed by atoms with Crippen molar-refractivity contribution in [2.45, 2.75) is 32.1 Å². The fourth-order valence-electron chi connectivity index (χ4n) is 2.87. The van der Waals surface area contributed by atoms with Crippen LogP contribution in [0.25, 0.3) is 0 Å². The first-order valence-electron chi connectivity index (χ1n) is 7.38. The van der Waals surface area contributed by atoms with Crippen LogP contribution in [-0.2, 0) is 4.79 Å². The molecule has 1 unspecified atom stereocenters. The molecule has 0 saturated heterocycles. The maximum atomic E-state index is 11.0. The van der Waals surface area contributed by atoms with Gasteiger partial charge in [-0.2, -0.15) is 0 Å². The molecule has 0 aromatic heterocycles. The highest BCUT2D eigenvalue weighted by molar-refractivity contribution is 5.72. The van der Waals surface area contributed by atoms with Gasteiger partial charge in [0, 0.05) is 13.5 Å². The molecule has 2 aliphatic rings. The van der Waals surface area contributed by atoms with Crippen molar-refractivity contribution in [1.29, 1.82) is 0 Å². The molecule has 1 aliphatic heterocycles. The maximum absolute atomic E-state index is 11.0. The van der Waals surface area contributed by atoms with E-state index in [-0.39, 0.29) is 5.91 Å². The first-order valence-corrected chi connectivity index (χ1v) is 7.38. The van der Waals surface area contributed by atoms with E-state index in [0.29, 0.717) is 19.1 Å². The summed E-state index contributed by atoms with van der Waals surface area (Å²) in [5, 5.41) is 2.90. The first-order chi connectivity index (χ1) is 9.74. The van der Waals surface area contributed by atoms with Crippen LogP contribution in [-0.4, -0.2) is 25.7 Å². The number of rotatable bonds is 5. The minimum atomic E-state index is 0.0433. The van der Waals surface area contributed by atoms with Gasteiger partial charge in [-0.25, -0.2) is 0 Å². The van der Waals surface area contributed by atoms with Gasteiger partial charge in [0.25, 0.3) is 0 Å². The van der Waals surface area contributed by atoms with Crippen molar-refractivity contribution < 1.29 is 14.3 Å². The zero-order chi connectivity index (χ0) is 13.9. The van der Waals surface area contributed by atoms with Gasteiger partial charge in [0.2, 0.25) is 5.91 Å². The van der Waals surface area contributed by atoms with Gasteiger partial charge < -0.3 is 14.8 Å². The number of hydrogen-bond acceptors (Lipinski definition) is 3. The third-order valence-electron chi connectivity index (χ3n) is 4.01. The van der Waals surface area contributed by atoms with Crippen molar-refractivity contribution in [2.24, 2.45) is 5.92 Å². The molecule has 4 heteroatoms. The van der Waals surface area contributed by atoms with E-state index in [4.69, 9.17) is 9.47 Å². The molecule has 1 aromatic carbocycles. The lowest BCUT2D eigenvalue weighted by Gasteiger charge is -2.22. The predicted molar refractivity (Wildman–Crippen MR) is 76.2 cm³/mol. The monoisotopic (exact) mass is 275 g/mol. The molecule has 0 radical (unpaired) electrons. The first kappa shape index (κ1) is 13.3. The molecule has 0 bridgehead atoms. The number of fused-ring (bicyclic) bond motifs is 1. The molecule has 1 fully saturated rings. The Morgan fingerprint density at radius 1 is 1.30 bits per heavy atom. The fourth-order valence-corrected chi connectivity index (χ4v) is 2.87. The Bertz CT molecular complexity index is 496. The van der Waals surface area contributed by atoms with Crippen LogP contribution in [0.1, 0.15) is 37.7 Å². The number of carbonyl (C=O) groups excluding carboxylic acids is 1. The molecular formula is C16H21NO3. The summed E-state index contributed by atoms with van der Waals surface area (Å²) in [7, 11) is 0. The summed E-state index contributed by atoms with van der Waals surface area (Å²) in [6.45, 7) is 3.55. The zero-order valence-electron chi connectivity index (χ0n) is 11.9. The molecule has 3 rings (SSSR count). The molecule has 1 atom stereocenters. The molecule has 1 saturated carbocycles. The molecule has 0 spiro atoms. The normalized spacial score (nSPS) is 18.4. The van der Waals surface area contributed by atoms with Gasteiger partial charge in [-0.1, -0.05) is 6.07 Å². The summed E-state index contributed by atoms with van der Waals surface area (Å²) < 4.78 is 11.2. The van der Waals surface area contributed by atoms with Crippen molar-refractivity contribution in [2.75, 3.05) is 19.8 Å². The van der Waals surface area contributed by atoms with E-state index in [1.165, 1.54) is 18.4 Å². The van der Waals surface area contributed by atoms with Gasteiger partial charge in [-0.15, -0.1) is 0 Å². The number of nitrogens with one attached hydrogen (secondary N) is 1. The topological polar surface area (TPSA) is 47.6 Å². The van der Waals surface area contributed by atoms with Crippen molar-refractivity contribution >= 4 is 5.91 Å². The third kappa shape index (κ3) is 3.06. The summed E-state index contributed by atoms with van der Waals surface area (Å²) in [5.74, 6) is 3.01. The Hall–Kier alpha value is -1.71. The second kappa shape index (κ2) is 5.73. The summed E-state index contributed by atoms with van der Waals surface area (Å²) in [4.78, 5) is 11.0. The van der Waals surface area contributed by atoms with Crippen LogP contribution < -0.4 is 14.8 Å². The SMILES string of the molecule is CC(=O)NCCC(c1ccc2c(c1)OCCO2)C1CC1. The Balaban J connectivity index is 1.72. The van der Waals surface area contributed by atoms with Crippen LogP contribution in [0.4, 0.5) is 0 Å². The lowest BCUT2D eigenvalue weighted by atomic mass is 9.90. The highest BCUT2D eigenvalue weighted by atomic mass is 16.6. The van der Waals surface area contributed by atoms with Gasteiger partial charge in [0.1, 0.15) is 13.2 Å². The molecule has 1 N–H and O–H groups in total. The van der Waals surface area contributed by atoms with E-state index < -0.39 is 0 Å². The lowest BCUT2D eigenvalue weighted by molar-refractivity contribution is -0.118. The number of hydrogen-bond donors (Lipinski definition) is 1. The summed E-state index contributed by atoms with van der Waals surface area (Å²) >= 11 is 0. The summed E-state index contributed by atoms with van der Waals surface area (Å²) in [6.07, 6.45) is 3.57. The highest BCUT2D eigenvalue weighted by Gasteiger charge is 2.32. The van der Waals surface area contributed by atoms with Gasteiger partial charge >= 0.3 is 0 Å². The van der Waals surface area contributed by atoms with Crippen LogP contribution in [0.15, 0.2) is 18.2 Å². The molecule has 1 aromatic rings. The standard InChI is InChI=1S/C16H21NO3/c1-11(18)17-7-6-14(12-2-3-12)13-4-5-15-16(10-13)20-9-8-19-15/h4-5,10,12,14H,2-3,6-9H2,1H3,(H,17,18). The van der Waals surface area contributed by atoms with Crippen LogP contribution >= 0.6 is 0 Å². The smallest absolute Gasteiger partial charge is 0.216 e. The zero-order valence-corrected chi connectivity index (χ0v) is 11.9. The quantitative estimate of drug-likeness (QED) is 0.898. The third-order valence-corrected chi connectivity index (χ3v) is 4.01. The minimum absolute atomic E-state index is 0.0433. The predicted octanol–water partition coefficient (Wildman–Crippen LogP) is 2.48. The van der Waals surface area contributed by atoms with Crippen molar-refractivity contribution in [3.05, 3.63) is 23.8 Å². The minimum Gasteiger partial charge on any atom is -0.486 e. The number of ether oxygens (including phenoxy) is 2. The largest absolute Gasteiger partial charge is 0.486 e. The van der Waals surface area contributed by atoms with Crippen LogP contribution in [0.5, 0.6) is 11.5 Å². The van der Waals surface area contributed by atoms with E-state index >= 15 is 0 Å². The Morgan fingerprint density at radius 3 is 2.75 bits per heavy atom. The van der Waals surface area contributed by atoms with Crippen LogP contribution in [0, 0.1) is 5.92 Å². The number of amides is 1. The highest BCUT2D eigenvalue weighted by Crippen LogP contribution is 2.46. The van der Waals surface area contributed by atoms with E-state index in [2.05, 4.69) is 17.4 Å². The van der Waals surface area contributed by atoms with E-state index in [0.717, 1.165) is 30.4 Å². The van der Waals surface area contributed by atoms with Crippen LogP contribution in [0.3, 0.4) is 0 Å². The van der Waals surface area contributed by atoms with E-state index in [1.54, 1.807) is 6.92 Å². The van der Waals surface area contributed by atoms with E-state index in [9.17, 15) is 4.79 Å². The molecule has 4 nitrogen and oxygen atoms in total. The van der Waals surface area contributed by atoms with Gasteiger partial charge in [0.15, 0.2) is 11.5 Å². The maximum Gasteiger partial charge on any atom is 0.216 e. The summed E-state index contributed by atoms with van der Waals surface area (Å²) in [6, 6.07) is 6.27. The van der Waals surface area contributed by atoms with Crippen LogP contribution in [0.2, 0.25) is 0 Å². The average Bonchev–Trinajstić information content (AvgIpc) is 3.27. The second-order valence-corrected chi connectivity index (χ2v) is 5.62. The molecule has 1 amide bonds. The van der Waals surface area contributed by atoms with Gasteiger partial charge in [-0.05, 0) is 48.8 Å². The van der Waals surface area contributed by atoms with Gasteiger partial charge in [0.05, 0.1) is 0 Å². The fraction of sp³-hybridized carbons (Fsp3) is 0.562. The molecule has 1 aliphatic carbocycles.